The molecule has 1 spiro atoms. The minimum atomic E-state index is -1.65. The fourth-order valence-corrected chi connectivity index (χ4v) is 10.7. The number of rotatable bonds is 7. The molecule has 0 aromatic heterocycles. The predicted octanol–water partition coefficient (Wildman–Crippen LogP) is 5.33. The van der Waals surface area contributed by atoms with E-state index in [4.69, 9.17) is 23.7 Å². The van der Waals surface area contributed by atoms with E-state index < -0.39 is 33.5 Å². The fourth-order valence-electron chi connectivity index (χ4n) is 5.62. The Balaban J connectivity index is 1.77. The van der Waals surface area contributed by atoms with E-state index in [-0.39, 0.29) is 26.2 Å². The third-order valence-corrected chi connectivity index (χ3v) is 12.5. The zero-order chi connectivity index (χ0) is 35.0. The topological polar surface area (TPSA) is 135 Å². The molecule has 3 heterocycles. The summed E-state index contributed by atoms with van der Waals surface area (Å²) in [6.45, 7) is 3.63. The van der Waals surface area contributed by atoms with Crippen LogP contribution in [-0.4, -0.2) is 75.0 Å². The number of carbonyl (C=O) groups is 5. The highest BCUT2D eigenvalue weighted by molar-refractivity contribution is 8.26. The number of ether oxygens (including phenoxy) is 5. The van der Waals surface area contributed by atoms with E-state index in [2.05, 4.69) is 0 Å². The van der Waals surface area contributed by atoms with Crippen molar-refractivity contribution >= 4 is 82.4 Å². The van der Waals surface area contributed by atoms with Gasteiger partial charge in [-0.15, -0.1) is 0 Å². The molecule has 48 heavy (non-hydrogen) atoms. The molecule has 3 aliphatic heterocycles. The number of hydrogen-bond donors (Lipinski definition) is 0. The Morgan fingerprint density at radius 1 is 0.708 bits per heavy atom. The molecule has 0 unspecified atom stereocenters. The van der Waals surface area contributed by atoms with Crippen LogP contribution in [0.4, 0.5) is 5.69 Å². The van der Waals surface area contributed by atoms with Crippen LogP contribution in [0, 0.1) is 0 Å². The second kappa shape index (κ2) is 13.6. The van der Waals surface area contributed by atoms with Gasteiger partial charge in [-0.3, -0.25) is 9.69 Å². The number of esters is 4. The predicted molar refractivity (Wildman–Crippen MR) is 185 cm³/mol. The van der Waals surface area contributed by atoms with Crippen LogP contribution in [0.15, 0.2) is 79.8 Å². The van der Waals surface area contributed by atoms with Gasteiger partial charge in [-0.25, -0.2) is 19.2 Å². The number of nitrogens with zero attached hydrogens (tertiary/aromatic N) is 1. The minimum absolute atomic E-state index is 0.116. The maximum Gasteiger partial charge on any atom is 0.345 e. The van der Waals surface area contributed by atoms with Gasteiger partial charge in [-0.2, -0.15) is 0 Å². The number of hydrogen-bond acceptors (Lipinski definition) is 13. The third kappa shape index (κ3) is 5.71. The summed E-state index contributed by atoms with van der Waals surface area (Å²) in [5, 5.41) is 0. The lowest BCUT2D eigenvalue weighted by Crippen LogP contribution is -2.53. The van der Waals surface area contributed by atoms with Crippen LogP contribution in [0.25, 0.3) is 11.6 Å². The minimum Gasteiger partial charge on any atom is -0.497 e. The molecule has 0 radical (unpaired) electrons. The van der Waals surface area contributed by atoms with Crippen LogP contribution < -0.4 is 9.64 Å². The van der Waals surface area contributed by atoms with Crippen LogP contribution in [-0.2, 0) is 42.9 Å². The molecule has 11 nitrogen and oxygen atoms in total. The fraction of sp³-hybridized carbons (Fsp3) is 0.265. The van der Waals surface area contributed by atoms with Crippen LogP contribution in [0.5, 0.6) is 5.75 Å². The largest absolute Gasteiger partial charge is 0.497 e. The van der Waals surface area contributed by atoms with Gasteiger partial charge in [-0.05, 0) is 43.7 Å². The molecule has 1 amide bonds. The van der Waals surface area contributed by atoms with Gasteiger partial charge in [0, 0.05) is 22.1 Å². The first-order valence-corrected chi connectivity index (χ1v) is 16.7. The molecule has 0 N–H and O–H groups in total. The highest BCUT2D eigenvalue weighted by atomic mass is 32.2. The molecule has 0 bridgehead atoms. The molecular formula is C34H31NO10S3. The van der Waals surface area contributed by atoms with E-state index >= 15 is 0 Å². The summed E-state index contributed by atoms with van der Waals surface area (Å²) >= 11 is 2.72. The molecule has 0 fully saturated rings. The lowest BCUT2D eigenvalue weighted by atomic mass is 9.83. The number of methoxy groups -OCH3 is 5. The molecule has 0 aliphatic carbocycles. The molecule has 2 aromatic rings. The molecule has 3 aliphatic rings. The Kier molecular flexibility index (Phi) is 9.90. The van der Waals surface area contributed by atoms with Crippen molar-refractivity contribution in [3.63, 3.8) is 0 Å². The first kappa shape index (κ1) is 34.9. The van der Waals surface area contributed by atoms with Gasteiger partial charge >= 0.3 is 23.9 Å². The number of fused-ring (bicyclic) bond motifs is 3. The van der Waals surface area contributed by atoms with Crippen molar-refractivity contribution in [2.75, 3.05) is 40.4 Å². The molecule has 0 atom stereocenters. The van der Waals surface area contributed by atoms with Gasteiger partial charge < -0.3 is 23.7 Å². The van der Waals surface area contributed by atoms with Gasteiger partial charge in [0.05, 0.1) is 52.3 Å². The average Bonchev–Trinajstić information content (AvgIpc) is 3.49. The Morgan fingerprint density at radius 3 is 1.79 bits per heavy atom. The monoisotopic (exact) mass is 709 g/mol. The summed E-state index contributed by atoms with van der Waals surface area (Å²) in [5.41, 5.74) is 1.02. The summed E-state index contributed by atoms with van der Waals surface area (Å²) in [6, 6.07) is 14.3. The lowest BCUT2D eigenvalue weighted by Gasteiger charge is -2.50. The van der Waals surface area contributed by atoms with Crippen molar-refractivity contribution in [2.24, 2.45) is 0 Å². The number of para-hydroxylation sites is 1. The normalized spacial score (nSPS) is 17.6. The average molecular weight is 710 g/mol. The first-order chi connectivity index (χ1) is 22.9. The van der Waals surface area contributed by atoms with Gasteiger partial charge in [0.1, 0.15) is 24.5 Å². The number of carbonyl (C=O) groups excluding carboxylic acids is 5. The summed E-state index contributed by atoms with van der Waals surface area (Å²) in [7, 11) is 6.25. The van der Waals surface area contributed by atoms with E-state index in [1.165, 1.54) is 34.5 Å². The SMILES string of the molecule is COC(=O)C1=C(C(=O)OC)SC2(S1)C(C(=O)OC)=C(C(=O)OC)SC1=C2c2ccccc2N(C(=O)/C=C/c2ccc(OC)cc2)C1(C)C. The second-order valence-electron chi connectivity index (χ2n) is 10.8. The third-order valence-electron chi connectivity index (χ3n) is 7.80. The number of anilines is 1. The number of thioether (sulfide) groups is 3. The highest BCUT2D eigenvalue weighted by Crippen LogP contribution is 2.71. The van der Waals surface area contributed by atoms with Crippen LogP contribution in [0.1, 0.15) is 25.0 Å². The Hall–Kier alpha value is -4.40. The maximum atomic E-state index is 14.2. The summed E-state index contributed by atoms with van der Waals surface area (Å²) in [6.07, 6.45) is 3.14. The Morgan fingerprint density at radius 2 is 1.25 bits per heavy atom. The molecule has 250 valence electrons. The van der Waals surface area contributed by atoms with Crippen molar-refractivity contribution in [1.29, 1.82) is 0 Å². The first-order valence-electron chi connectivity index (χ1n) is 14.3. The zero-order valence-electron chi connectivity index (χ0n) is 27.0. The van der Waals surface area contributed by atoms with Gasteiger partial charge in [0.25, 0.3) is 5.91 Å². The van der Waals surface area contributed by atoms with E-state index in [1.54, 1.807) is 54.5 Å². The van der Waals surface area contributed by atoms with Crippen molar-refractivity contribution < 1.29 is 47.7 Å². The summed E-state index contributed by atoms with van der Waals surface area (Å²) < 4.78 is 24.0. The molecule has 0 saturated heterocycles. The van der Waals surface area contributed by atoms with E-state index in [0.29, 0.717) is 27.5 Å². The van der Waals surface area contributed by atoms with Crippen molar-refractivity contribution in [3.05, 3.63) is 90.9 Å². The Bertz CT molecular complexity index is 1830. The van der Waals surface area contributed by atoms with Crippen LogP contribution in [0.2, 0.25) is 0 Å². The molecule has 14 heteroatoms. The summed E-state index contributed by atoms with van der Waals surface area (Å²) in [4.78, 5) is 69.5. The summed E-state index contributed by atoms with van der Waals surface area (Å²) in [5.74, 6) is -3.07. The van der Waals surface area contributed by atoms with Gasteiger partial charge in [0.2, 0.25) is 0 Å². The van der Waals surface area contributed by atoms with Crippen molar-refractivity contribution in [2.45, 2.75) is 23.5 Å². The smallest absolute Gasteiger partial charge is 0.345 e. The zero-order valence-corrected chi connectivity index (χ0v) is 29.5. The van der Waals surface area contributed by atoms with Crippen molar-refractivity contribution in [1.82, 2.24) is 0 Å². The standard InChI is InChI=1S/C34H31NO10S3/c1-33(2)28-23(20-10-8-9-11-21(20)35(33)22(36)17-14-18-12-15-19(41-3)16-13-18)34(24(29(37)42-4)25(46-28)30(38)43-5)47-26(31(39)44-6)27(48-34)32(40)45-7/h8-17H,1-7H3/b17-14+. The van der Waals surface area contributed by atoms with Crippen LogP contribution >= 0.6 is 35.3 Å². The maximum absolute atomic E-state index is 14.2. The van der Waals surface area contributed by atoms with E-state index in [9.17, 15) is 24.0 Å². The highest BCUT2D eigenvalue weighted by Gasteiger charge is 2.61. The molecular weight excluding hydrogens is 679 g/mol. The van der Waals surface area contributed by atoms with E-state index in [1.807, 2.05) is 26.0 Å². The quantitative estimate of drug-likeness (QED) is 0.209. The van der Waals surface area contributed by atoms with Crippen molar-refractivity contribution in [3.8, 4) is 5.75 Å². The lowest BCUT2D eigenvalue weighted by molar-refractivity contribution is -0.138. The Labute approximate surface area is 289 Å². The van der Waals surface area contributed by atoms with Crippen LogP contribution in [0.3, 0.4) is 0 Å². The molecule has 5 rings (SSSR count). The van der Waals surface area contributed by atoms with Gasteiger partial charge in [-0.1, -0.05) is 65.6 Å². The second-order valence-corrected chi connectivity index (χ2v) is 14.5. The number of amides is 1. The molecule has 0 saturated carbocycles. The van der Waals surface area contributed by atoms with Gasteiger partial charge in [0.15, 0.2) is 0 Å². The number of benzene rings is 2. The molecule has 2 aromatic carbocycles. The van der Waals surface area contributed by atoms with E-state index in [0.717, 1.165) is 40.8 Å².